The lowest BCUT2D eigenvalue weighted by atomic mass is 9.96. The Morgan fingerprint density at radius 1 is 1.47 bits per heavy atom. The van der Waals surface area contributed by atoms with E-state index in [1.165, 1.54) is 0 Å². The van der Waals surface area contributed by atoms with Gasteiger partial charge in [0.05, 0.1) is 19.1 Å². The molecule has 1 saturated heterocycles. The normalized spacial score (nSPS) is 26.4. The van der Waals surface area contributed by atoms with Crippen LogP contribution in [0.1, 0.15) is 26.7 Å². The van der Waals surface area contributed by atoms with Gasteiger partial charge < -0.3 is 9.64 Å². The number of nitriles is 1. The SMILES string of the molecule is COCCN1C(CC#N)CN(C)CCC1(C)C. The van der Waals surface area contributed by atoms with Gasteiger partial charge in [-0.1, -0.05) is 0 Å². The van der Waals surface area contributed by atoms with Crippen LogP contribution in [-0.4, -0.2) is 61.8 Å². The van der Waals surface area contributed by atoms with E-state index >= 15 is 0 Å². The Morgan fingerprint density at radius 2 is 2.18 bits per heavy atom. The van der Waals surface area contributed by atoms with Crippen molar-refractivity contribution in [2.45, 2.75) is 38.3 Å². The van der Waals surface area contributed by atoms with Gasteiger partial charge in [0, 0.05) is 31.8 Å². The van der Waals surface area contributed by atoms with Gasteiger partial charge in [-0.2, -0.15) is 5.26 Å². The summed E-state index contributed by atoms with van der Waals surface area (Å²) in [5, 5.41) is 8.98. The average Bonchev–Trinajstić information content (AvgIpc) is 2.36. The maximum atomic E-state index is 8.98. The van der Waals surface area contributed by atoms with Gasteiger partial charge in [0.1, 0.15) is 0 Å². The van der Waals surface area contributed by atoms with Crippen LogP contribution in [0.3, 0.4) is 0 Å². The molecule has 1 unspecified atom stereocenters. The zero-order chi connectivity index (χ0) is 12.9. The van der Waals surface area contributed by atoms with Crippen LogP contribution < -0.4 is 0 Å². The summed E-state index contributed by atoms with van der Waals surface area (Å²) in [6.45, 7) is 8.25. The molecule has 0 aromatic carbocycles. The van der Waals surface area contributed by atoms with Crippen molar-refractivity contribution in [1.29, 1.82) is 5.26 Å². The van der Waals surface area contributed by atoms with Gasteiger partial charge in [-0.15, -0.1) is 0 Å². The molecule has 0 aliphatic carbocycles. The van der Waals surface area contributed by atoms with Crippen LogP contribution in [0.5, 0.6) is 0 Å². The third kappa shape index (κ3) is 3.95. The van der Waals surface area contributed by atoms with Crippen LogP contribution in [0.4, 0.5) is 0 Å². The van der Waals surface area contributed by atoms with E-state index in [0.29, 0.717) is 12.5 Å². The van der Waals surface area contributed by atoms with Crippen molar-refractivity contribution < 1.29 is 4.74 Å². The second-order valence-corrected chi connectivity index (χ2v) is 5.53. The molecule has 0 saturated carbocycles. The number of ether oxygens (including phenoxy) is 1. The Bertz CT molecular complexity index is 272. The van der Waals surface area contributed by atoms with Crippen molar-refractivity contribution in [3.05, 3.63) is 0 Å². The molecule has 1 aliphatic rings. The van der Waals surface area contributed by atoms with E-state index in [4.69, 9.17) is 10.00 Å². The predicted molar refractivity (Wildman–Crippen MR) is 68.8 cm³/mol. The van der Waals surface area contributed by atoms with E-state index < -0.39 is 0 Å². The topological polar surface area (TPSA) is 39.5 Å². The summed E-state index contributed by atoms with van der Waals surface area (Å²) in [6, 6.07) is 2.64. The fourth-order valence-electron chi connectivity index (χ4n) is 2.61. The molecule has 1 atom stereocenters. The second kappa shape index (κ2) is 6.34. The van der Waals surface area contributed by atoms with E-state index in [1.54, 1.807) is 7.11 Å². The highest BCUT2D eigenvalue weighted by Gasteiger charge is 2.35. The minimum Gasteiger partial charge on any atom is -0.383 e. The number of hydrogen-bond donors (Lipinski definition) is 0. The summed E-state index contributed by atoms with van der Waals surface area (Å²) in [5.74, 6) is 0. The van der Waals surface area contributed by atoms with Crippen molar-refractivity contribution in [2.24, 2.45) is 0 Å². The number of methoxy groups -OCH3 is 1. The second-order valence-electron chi connectivity index (χ2n) is 5.53. The van der Waals surface area contributed by atoms with E-state index in [2.05, 4.69) is 36.8 Å². The summed E-state index contributed by atoms with van der Waals surface area (Å²) in [6.07, 6.45) is 1.73. The summed E-state index contributed by atoms with van der Waals surface area (Å²) in [7, 11) is 3.87. The molecule has 0 aromatic rings. The van der Waals surface area contributed by atoms with E-state index in [-0.39, 0.29) is 5.54 Å². The van der Waals surface area contributed by atoms with Crippen LogP contribution in [0.2, 0.25) is 0 Å². The smallest absolute Gasteiger partial charge is 0.0638 e. The number of rotatable bonds is 4. The Kier molecular flexibility index (Phi) is 5.38. The minimum atomic E-state index is 0.144. The zero-order valence-electron chi connectivity index (χ0n) is 11.6. The molecular weight excluding hydrogens is 214 g/mol. The summed E-state index contributed by atoms with van der Waals surface area (Å²) in [4.78, 5) is 4.78. The molecule has 4 nitrogen and oxygen atoms in total. The Hall–Kier alpha value is -0.630. The fourth-order valence-corrected chi connectivity index (χ4v) is 2.61. The summed E-state index contributed by atoms with van der Waals surface area (Å²) in [5.41, 5.74) is 0.144. The van der Waals surface area contributed by atoms with Crippen LogP contribution in [-0.2, 0) is 4.74 Å². The van der Waals surface area contributed by atoms with E-state index in [1.807, 2.05) is 0 Å². The Balaban J connectivity index is 2.82. The largest absolute Gasteiger partial charge is 0.383 e. The van der Waals surface area contributed by atoms with Crippen LogP contribution >= 0.6 is 0 Å². The molecule has 1 rings (SSSR count). The molecule has 0 spiro atoms. The van der Waals surface area contributed by atoms with Crippen LogP contribution in [0.15, 0.2) is 0 Å². The number of likely N-dealkylation sites (N-methyl/N-ethyl adjacent to an activating group) is 1. The van der Waals surface area contributed by atoms with Crippen molar-refractivity contribution in [3.8, 4) is 6.07 Å². The van der Waals surface area contributed by atoms with Crippen molar-refractivity contribution in [3.63, 3.8) is 0 Å². The third-order valence-corrected chi connectivity index (χ3v) is 3.71. The van der Waals surface area contributed by atoms with Gasteiger partial charge in [0.2, 0.25) is 0 Å². The van der Waals surface area contributed by atoms with Crippen molar-refractivity contribution >= 4 is 0 Å². The van der Waals surface area contributed by atoms with Gasteiger partial charge in [0.25, 0.3) is 0 Å². The molecule has 1 fully saturated rings. The van der Waals surface area contributed by atoms with Gasteiger partial charge in [-0.25, -0.2) is 0 Å². The average molecular weight is 239 g/mol. The van der Waals surface area contributed by atoms with Crippen molar-refractivity contribution in [1.82, 2.24) is 9.80 Å². The first-order chi connectivity index (χ1) is 8.01. The maximum absolute atomic E-state index is 8.98. The summed E-state index contributed by atoms with van der Waals surface area (Å²) >= 11 is 0. The van der Waals surface area contributed by atoms with Crippen LogP contribution in [0.25, 0.3) is 0 Å². The lowest BCUT2D eigenvalue weighted by molar-refractivity contribution is 0.0457. The lowest BCUT2D eigenvalue weighted by Gasteiger charge is -2.41. The molecule has 0 aromatic heterocycles. The first kappa shape index (κ1) is 14.4. The number of hydrogen-bond acceptors (Lipinski definition) is 4. The molecule has 0 N–H and O–H groups in total. The Labute approximate surface area is 105 Å². The van der Waals surface area contributed by atoms with E-state index in [0.717, 1.165) is 32.7 Å². The molecular formula is C13H25N3O. The predicted octanol–water partition coefficient (Wildman–Crippen LogP) is 1.33. The van der Waals surface area contributed by atoms with Gasteiger partial charge in [0.15, 0.2) is 0 Å². The zero-order valence-corrected chi connectivity index (χ0v) is 11.6. The molecule has 98 valence electrons. The first-order valence-corrected chi connectivity index (χ1v) is 6.32. The molecule has 0 amide bonds. The summed E-state index contributed by atoms with van der Waals surface area (Å²) < 4.78 is 5.19. The highest BCUT2D eigenvalue weighted by molar-refractivity contribution is 4.95. The molecule has 0 radical (unpaired) electrons. The van der Waals surface area contributed by atoms with E-state index in [9.17, 15) is 0 Å². The van der Waals surface area contributed by atoms with Gasteiger partial charge >= 0.3 is 0 Å². The Morgan fingerprint density at radius 3 is 2.76 bits per heavy atom. The minimum absolute atomic E-state index is 0.144. The number of nitrogens with zero attached hydrogens (tertiary/aromatic N) is 3. The van der Waals surface area contributed by atoms with Gasteiger partial charge in [-0.3, -0.25) is 4.90 Å². The molecule has 0 bridgehead atoms. The molecule has 4 heteroatoms. The standard InChI is InChI=1S/C13H25N3O/c1-13(2)6-8-15(3)11-12(5-7-14)16(13)9-10-17-4/h12H,5-6,8-11H2,1-4H3. The maximum Gasteiger partial charge on any atom is 0.0638 e. The first-order valence-electron chi connectivity index (χ1n) is 6.32. The molecule has 17 heavy (non-hydrogen) atoms. The third-order valence-electron chi connectivity index (χ3n) is 3.71. The molecule has 1 aliphatic heterocycles. The monoisotopic (exact) mass is 239 g/mol. The highest BCUT2D eigenvalue weighted by Crippen LogP contribution is 2.26. The molecule has 1 heterocycles. The van der Waals surface area contributed by atoms with Gasteiger partial charge in [-0.05, 0) is 33.9 Å². The fraction of sp³-hybridized carbons (Fsp3) is 0.923. The quantitative estimate of drug-likeness (QED) is 0.742. The lowest BCUT2D eigenvalue weighted by Crippen LogP contribution is -2.51. The van der Waals surface area contributed by atoms with Crippen molar-refractivity contribution in [2.75, 3.05) is 40.4 Å². The highest BCUT2D eigenvalue weighted by atomic mass is 16.5. The van der Waals surface area contributed by atoms with Crippen LogP contribution in [0, 0.1) is 11.3 Å².